The number of hydrogen-bond acceptors (Lipinski definition) is 7. The average Bonchev–Trinajstić information content (AvgIpc) is 2.89. The van der Waals surface area contributed by atoms with E-state index in [2.05, 4.69) is 15.1 Å². The zero-order chi connectivity index (χ0) is 10.7. The summed E-state index contributed by atoms with van der Waals surface area (Å²) in [4.78, 5) is 8.15. The molecule has 0 aromatic carbocycles. The summed E-state index contributed by atoms with van der Waals surface area (Å²) in [5.74, 6) is 0.756. The minimum atomic E-state index is -0.421. The van der Waals surface area contributed by atoms with Gasteiger partial charge in [-0.2, -0.15) is 4.98 Å². The van der Waals surface area contributed by atoms with Crippen LogP contribution in [0.4, 0.5) is 0 Å². The number of aromatic nitrogens is 3. The van der Waals surface area contributed by atoms with Crippen molar-refractivity contribution in [1.82, 2.24) is 15.1 Å². The Morgan fingerprint density at radius 2 is 2.47 bits per heavy atom. The van der Waals surface area contributed by atoms with Gasteiger partial charge in [0.15, 0.2) is 0 Å². The molecule has 15 heavy (non-hydrogen) atoms. The van der Waals surface area contributed by atoms with Crippen LogP contribution in [0.25, 0.3) is 11.5 Å². The van der Waals surface area contributed by atoms with Crippen molar-refractivity contribution in [2.24, 2.45) is 5.73 Å². The Kier molecular flexibility index (Phi) is 3.05. The average molecular weight is 226 g/mol. The van der Waals surface area contributed by atoms with Crippen molar-refractivity contribution in [1.29, 1.82) is 0 Å². The lowest BCUT2D eigenvalue weighted by Crippen LogP contribution is -2.12. The molecule has 0 fully saturated rings. The highest BCUT2D eigenvalue weighted by atomic mass is 32.1. The molecule has 2 aromatic rings. The lowest BCUT2D eigenvalue weighted by atomic mass is 10.2. The van der Waals surface area contributed by atoms with Crippen molar-refractivity contribution < 1.29 is 9.63 Å². The number of nitrogens with two attached hydrogens (primary N) is 1. The van der Waals surface area contributed by atoms with Gasteiger partial charge in [0.25, 0.3) is 0 Å². The van der Waals surface area contributed by atoms with Gasteiger partial charge >= 0.3 is 0 Å². The highest BCUT2D eigenvalue weighted by molar-refractivity contribution is 7.07. The normalized spacial score (nSPS) is 12.9. The fraction of sp³-hybridized carbons (Fsp3) is 0.375. The molecule has 7 heteroatoms. The van der Waals surface area contributed by atoms with E-state index in [1.54, 1.807) is 5.51 Å². The summed E-state index contributed by atoms with van der Waals surface area (Å²) in [5.41, 5.74) is 8.06. The van der Waals surface area contributed by atoms with Crippen LogP contribution in [0, 0.1) is 0 Å². The highest BCUT2D eigenvalue weighted by Crippen LogP contribution is 2.18. The summed E-state index contributed by atoms with van der Waals surface area (Å²) >= 11 is 1.46. The zero-order valence-corrected chi connectivity index (χ0v) is 8.65. The molecular weight excluding hydrogens is 216 g/mol. The van der Waals surface area contributed by atoms with E-state index in [1.807, 2.05) is 5.38 Å². The SMILES string of the molecule is NC(CCO)c1nc(-c2cscn2)no1. The summed E-state index contributed by atoms with van der Waals surface area (Å²) < 4.78 is 4.97. The molecule has 2 rings (SSSR count). The van der Waals surface area contributed by atoms with Crippen LogP contribution in [0.2, 0.25) is 0 Å². The third kappa shape index (κ3) is 2.20. The first kappa shape index (κ1) is 10.2. The third-order valence-electron chi connectivity index (χ3n) is 1.86. The number of aliphatic hydroxyl groups excluding tert-OH is 1. The van der Waals surface area contributed by atoms with E-state index in [1.165, 1.54) is 11.3 Å². The van der Waals surface area contributed by atoms with Crippen LogP contribution in [-0.2, 0) is 0 Å². The quantitative estimate of drug-likeness (QED) is 0.791. The smallest absolute Gasteiger partial charge is 0.244 e. The maximum Gasteiger partial charge on any atom is 0.244 e. The maximum absolute atomic E-state index is 8.71. The maximum atomic E-state index is 8.71. The standard InChI is InChI=1S/C8H10N4O2S/c9-5(1-2-13)8-11-7(12-14-8)6-3-15-4-10-6/h3-5,13H,1-2,9H2. The molecule has 3 N–H and O–H groups in total. The molecule has 2 heterocycles. The Labute approximate surface area is 89.8 Å². The fourth-order valence-corrected chi connectivity index (χ4v) is 1.61. The number of rotatable bonds is 4. The molecule has 1 atom stereocenters. The molecule has 0 bridgehead atoms. The second-order valence-corrected chi connectivity index (χ2v) is 3.67. The number of nitrogens with zero attached hydrogens (tertiary/aromatic N) is 3. The van der Waals surface area contributed by atoms with E-state index >= 15 is 0 Å². The first-order valence-electron chi connectivity index (χ1n) is 4.40. The van der Waals surface area contributed by atoms with E-state index in [-0.39, 0.29) is 6.61 Å². The van der Waals surface area contributed by atoms with E-state index in [0.717, 1.165) is 0 Å². The molecule has 0 spiro atoms. The fourth-order valence-electron chi connectivity index (χ4n) is 1.08. The summed E-state index contributed by atoms with van der Waals surface area (Å²) in [6.45, 7) is -0.00438. The lowest BCUT2D eigenvalue weighted by Gasteiger charge is -2.01. The van der Waals surface area contributed by atoms with Crippen LogP contribution < -0.4 is 5.73 Å². The highest BCUT2D eigenvalue weighted by Gasteiger charge is 2.15. The molecule has 0 aliphatic carbocycles. The minimum absolute atomic E-state index is 0.00438. The minimum Gasteiger partial charge on any atom is -0.396 e. The van der Waals surface area contributed by atoms with Gasteiger partial charge in [0.1, 0.15) is 5.69 Å². The first-order chi connectivity index (χ1) is 7.31. The Morgan fingerprint density at radius 3 is 3.13 bits per heavy atom. The topological polar surface area (TPSA) is 98.1 Å². The van der Waals surface area contributed by atoms with Crippen LogP contribution in [0.15, 0.2) is 15.4 Å². The predicted octanol–water partition coefficient (Wildman–Crippen LogP) is 0.575. The zero-order valence-electron chi connectivity index (χ0n) is 7.83. The van der Waals surface area contributed by atoms with Crippen LogP contribution in [0.1, 0.15) is 18.4 Å². The van der Waals surface area contributed by atoms with E-state index < -0.39 is 6.04 Å². The summed E-state index contributed by atoms with van der Waals surface area (Å²) in [7, 11) is 0. The lowest BCUT2D eigenvalue weighted by molar-refractivity contribution is 0.259. The molecule has 0 saturated carbocycles. The van der Waals surface area contributed by atoms with Crippen LogP contribution in [0.3, 0.4) is 0 Å². The van der Waals surface area contributed by atoms with E-state index in [0.29, 0.717) is 23.8 Å². The molecule has 80 valence electrons. The molecule has 0 aliphatic rings. The number of thiazole rings is 1. The van der Waals surface area contributed by atoms with Gasteiger partial charge in [0, 0.05) is 12.0 Å². The van der Waals surface area contributed by atoms with Crippen molar-refractivity contribution in [3.63, 3.8) is 0 Å². The molecule has 0 amide bonds. The third-order valence-corrected chi connectivity index (χ3v) is 2.45. The second kappa shape index (κ2) is 4.47. The summed E-state index contributed by atoms with van der Waals surface area (Å²) in [6, 6.07) is -0.421. The largest absolute Gasteiger partial charge is 0.396 e. The molecule has 0 saturated heterocycles. The summed E-state index contributed by atoms with van der Waals surface area (Å²) in [6.07, 6.45) is 0.401. The predicted molar refractivity (Wildman–Crippen MR) is 54.0 cm³/mol. The van der Waals surface area contributed by atoms with Crippen molar-refractivity contribution in [3.8, 4) is 11.5 Å². The van der Waals surface area contributed by atoms with Crippen molar-refractivity contribution in [2.45, 2.75) is 12.5 Å². The molecular formula is C8H10N4O2S. The Hall–Kier alpha value is -1.31. The van der Waals surface area contributed by atoms with Gasteiger partial charge < -0.3 is 15.4 Å². The van der Waals surface area contributed by atoms with Gasteiger partial charge in [-0.25, -0.2) is 4.98 Å². The van der Waals surface area contributed by atoms with Gasteiger partial charge in [-0.3, -0.25) is 0 Å². The van der Waals surface area contributed by atoms with Crippen LogP contribution >= 0.6 is 11.3 Å². The van der Waals surface area contributed by atoms with E-state index in [4.69, 9.17) is 15.4 Å². The number of aliphatic hydroxyl groups is 1. The van der Waals surface area contributed by atoms with Crippen molar-refractivity contribution >= 4 is 11.3 Å². The van der Waals surface area contributed by atoms with Gasteiger partial charge in [-0.15, -0.1) is 11.3 Å². The van der Waals surface area contributed by atoms with E-state index in [9.17, 15) is 0 Å². The van der Waals surface area contributed by atoms with Gasteiger partial charge in [-0.05, 0) is 6.42 Å². The Bertz CT molecular complexity index is 414. The van der Waals surface area contributed by atoms with Crippen molar-refractivity contribution in [3.05, 3.63) is 16.8 Å². The summed E-state index contributed by atoms with van der Waals surface area (Å²) in [5, 5.41) is 14.3. The monoisotopic (exact) mass is 226 g/mol. The van der Waals surface area contributed by atoms with Crippen LogP contribution in [0.5, 0.6) is 0 Å². The molecule has 1 unspecified atom stereocenters. The Balaban J connectivity index is 2.17. The van der Waals surface area contributed by atoms with Gasteiger partial charge in [-0.1, -0.05) is 5.16 Å². The second-order valence-electron chi connectivity index (χ2n) is 2.95. The molecule has 2 aromatic heterocycles. The van der Waals surface area contributed by atoms with Crippen LogP contribution in [-0.4, -0.2) is 26.8 Å². The molecule has 0 radical (unpaired) electrons. The van der Waals surface area contributed by atoms with Gasteiger partial charge in [0.2, 0.25) is 11.7 Å². The molecule has 6 nitrogen and oxygen atoms in total. The number of hydrogen-bond donors (Lipinski definition) is 2. The molecule has 0 aliphatic heterocycles. The first-order valence-corrected chi connectivity index (χ1v) is 5.34. The Morgan fingerprint density at radius 1 is 1.60 bits per heavy atom. The van der Waals surface area contributed by atoms with Gasteiger partial charge in [0.05, 0.1) is 11.6 Å². The van der Waals surface area contributed by atoms with Crippen molar-refractivity contribution in [2.75, 3.05) is 6.61 Å².